The second-order valence-electron chi connectivity index (χ2n) is 5.66. The minimum atomic E-state index is -0.498. The summed E-state index contributed by atoms with van der Waals surface area (Å²) in [5, 5.41) is 0.935. The number of rotatable bonds is 2. The molecule has 0 spiro atoms. The Morgan fingerprint density at radius 2 is 1.62 bits per heavy atom. The molecule has 130 valence electrons. The first-order chi connectivity index (χ1) is 12.7. The lowest BCUT2D eigenvalue weighted by atomic mass is 10.2. The van der Waals surface area contributed by atoms with E-state index in [-0.39, 0.29) is 5.69 Å². The van der Waals surface area contributed by atoms with Crippen molar-refractivity contribution in [2.75, 3.05) is 13.2 Å². The third kappa shape index (κ3) is 3.14. The van der Waals surface area contributed by atoms with Crippen molar-refractivity contribution in [3.63, 3.8) is 0 Å². The molecule has 0 saturated heterocycles. The predicted molar refractivity (Wildman–Crippen MR) is 94.1 cm³/mol. The summed E-state index contributed by atoms with van der Waals surface area (Å²) in [6.45, 7) is 0.912. The smallest absolute Gasteiger partial charge is 0.288 e. The quantitative estimate of drug-likeness (QED) is 0.692. The minimum Gasteiger partial charge on any atom is -0.486 e. The van der Waals surface area contributed by atoms with Crippen LogP contribution in [0, 0.1) is 0 Å². The van der Waals surface area contributed by atoms with Crippen molar-refractivity contribution in [1.29, 1.82) is 0 Å². The molecule has 4 rings (SSSR count). The lowest BCUT2D eigenvalue weighted by molar-refractivity contribution is 0.0843. The Bertz CT molecular complexity index is 1000. The first kappa shape index (κ1) is 15.9. The highest BCUT2D eigenvalue weighted by molar-refractivity contribution is 5.99. The Morgan fingerprint density at radius 1 is 0.846 bits per heavy atom. The number of hydrogen-bond donors (Lipinski definition) is 2. The maximum atomic E-state index is 12.2. The number of fused-ring (bicyclic) bond motifs is 2. The van der Waals surface area contributed by atoms with Crippen LogP contribution in [0.5, 0.6) is 11.5 Å². The summed E-state index contributed by atoms with van der Waals surface area (Å²) in [4.78, 5) is 28.7. The third-order valence-corrected chi connectivity index (χ3v) is 3.92. The van der Waals surface area contributed by atoms with Gasteiger partial charge in [-0.2, -0.15) is 0 Å². The maximum absolute atomic E-state index is 12.2. The Hall–Kier alpha value is -3.61. The van der Waals surface area contributed by atoms with Crippen molar-refractivity contribution in [2.45, 2.75) is 0 Å². The summed E-state index contributed by atoms with van der Waals surface area (Å²) in [7, 11) is 0. The second kappa shape index (κ2) is 6.72. The molecule has 0 bridgehead atoms. The first-order valence-electron chi connectivity index (χ1n) is 8.07. The average molecular weight is 349 g/mol. The van der Waals surface area contributed by atoms with Crippen LogP contribution >= 0.6 is 0 Å². The summed E-state index contributed by atoms with van der Waals surface area (Å²) in [6.07, 6.45) is 0. The summed E-state index contributed by atoms with van der Waals surface area (Å²) >= 11 is 0. The second-order valence-corrected chi connectivity index (χ2v) is 5.66. The number of nitrogens with one attached hydrogen (secondary N) is 2. The van der Waals surface area contributed by atoms with Gasteiger partial charge in [-0.15, -0.1) is 0 Å². The normalized spacial score (nSPS) is 12.5. The highest BCUT2D eigenvalue weighted by atomic mass is 16.6. The monoisotopic (exact) mass is 349 g/mol. The molecular weight excluding hydrogens is 334 g/mol. The number of benzene rings is 2. The minimum absolute atomic E-state index is 0.214. The van der Waals surface area contributed by atoms with Gasteiger partial charge < -0.3 is 9.47 Å². The molecule has 2 amide bonds. The van der Waals surface area contributed by atoms with E-state index in [1.54, 1.807) is 30.3 Å². The Labute approximate surface area is 148 Å². The number of amides is 2. The molecule has 0 radical (unpaired) electrons. The van der Waals surface area contributed by atoms with Gasteiger partial charge in [0.2, 0.25) is 0 Å². The standard InChI is InChI=1S/C19H15N3O4/c23-18(13-6-8-16-17(11-13)26-10-9-25-16)21-22-19(24)15-7-5-12-3-1-2-4-14(12)20-15/h1-8,11H,9-10H2,(H,21,23)(H,22,24). The number of hydrazine groups is 1. The van der Waals surface area contributed by atoms with Crippen molar-refractivity contribution in [1.82, 2.24) is 15.8 Å². The maximum Gasteiger partial charge on any atom is 0.288 e. The van der Waals surface area contributed by atoms with Gasteiger partial charge in [0.15, 0.2) is 11.5 Å². The van der Waals surface area contributed by atoms with Crippen LogP contribution in [0.3, 0.4) is 0 Å². The van der Waals surface area contributed by atoms with Gasteiger partial charge in [0.05, 0.1) is 5.52 Å². The molecule has 7 heteroatoms. The summed E-state index contributed by atoms with van der Waals surface area (Å²) in [5.41, 5.74) is 6.02. The van der Waals surface area contributed by atoms with E-state index in [0.717, 1.165) is 5.39 Å². The molecule has 1 aliphatic rings. The molecule has 26 heavy (non-hydrogen) atoms. The highest BCUT2D eigenvalue weighted by Crippen LogP contribution is 2.30. The number of ether oxygens (including phenoxy) is 2. The Morgan fingerprint density at radius 3 is 2.50 bits per heavy atom. The largest absolute Gasteiger partial charge is 0.486 e. The molecule has 2 aromatic carbocycles. The number of nitrogens with zero attached hydrogens (tertiary/aromatic N) is 1. The number of para-hydroxylation sites is 1. The predicted octanol–water partition coefficient (Wildman–Crippen LogP) is 2.08. The zero-order valence-corrected chi connectivity index (χ0v) is 13.7. The Balaban J connectivity index is 1.44. The van der Waals surface area contributed by atoms with Crippen molar-refractivity contribution in [2.24, 2.45) is 0 Å². The summed E-state index contributed by atoms with van der Waals surface area (Å²) < 4.78 is 10.9. The van der Waals surface area contributed by atoms with Crippen molar-refractivity contribution >= 4 is 22.7 Å². The molecular formula is C19H15N3O4. The molecule has 0 unspecified atom stereocenters. The van der Waals surface area contributed by atoms with Gasteiger partial charge in [-0.25, -0.2) is 4.98 Å². The number of carbonyl (C=O) groups is 2. The van der Waals surface area contributed by atoms with Gasteiger partial charge in [0.25, 0.3) is 11.8 Å². The molecule has 1 aromatic heterocycles. The van der Waals surface area contributed by atoms with Crippen LogP contribution in [0.15, 0.2) is 54.6 Å². The van der Waals surface area contributed by atoms with E-state index in [1.807, 2.05) is 24.3 Å². The van der Waals surface area contributed by atoms with Crippen molar-refractivity contribution < 1.29 is 19.1 Å². The van der Waals surface area contributed by atoms with Crippen LogP contribution in [0.25, 0.3) is 10.9 Å². The molecule has 3 aromatic rings. The molecule has 0 aliphatic carbocycles. The van der Waals surface area contributed by atoms with E-state index in [1.165, 1.54) is 0 Å². The lowest BCUT2D eigenvalue weighted by Gasteiger charge is -2.18. The zero-order chi connectivity index (χ0) is 17.9. The molecule has 7 nitrogen and oxygen atoms in total. The van der Waals surface area contributed by atoms with Gasteiger partial charge in [-0.3, -0.25) is 20.4 Å². The fourth-order valence-corrected chi connectivity index (χ4v) is 2.63. The van der Waals surface area contributed by atoms with Crippen LogP contribution in [-0.2, 0) is 0 Å². The zero-order valence-electron chi connectivity index (χ0n) is 13.7. The van der Waals surface area contributed by atoms with Crippen molar-refractivity contribution in [3.05, 3.63) is 65.9 Å². The van der Waals surface area contributed by atoms with E-state index in [4.69, 9.17) is 9.47 Å². The average Bonchev–Trinajstić information content (AvgIpc) is 2.71. The molecule has 1 aliphatic heterocycles. The van der Waals surface area contributed by atoms with Crippen molar-refractivity contribution in [3.8, 4) is 11.5 Å². The van der Waals surface area contributed by atoms with E-state index in [2.05, 4.69) is 15.8 Å². The SMILES string of the molecule is O=C(NNC(=O)c1ccc2ccccc2n1)c1ccc2c(c1)OCCO2. The Kier molecular flexibility index (Phi) is 4.10. The van der Waals surface area contributed by atoms with Gasteiger partial charge in [0, 0.05) is 10.9 Å². The highest BCUT2D eigenvalue weighted by Gasteiger charge is 2.16. The molecule has 2 N–H and O–H groups in total. The number of carbonyl (C=O) groups excluding carboxylic acids is 2. The molecule has 0 atom stereocenters. The van der Waals surface area contributed by atoms with Gasteiger partial charge in [-0.1, -0.05) is 24.3 Å². The fourth-order valence-electron chi connectivity index (χ4n) is 2.63. The number of pyridine rings is 1. The van der Waals surface area contributed by atoms with Crippen LogP contribution in [0.4, 0.5) is 0 Å². The van der Waals surface area contributed by atoms with E-state index in [0.29, 0.717) is 35.8 Å². The van der Waals surface area contributed by atoms with E-state index in [9.17, 15) is 9.59 Å². The van der Waals surface area contributed by atoms with Gasteiger partial charge in [-0.05, 0) is 30.3 Å². The van der Waals surface area contributed by atoms with E-state index >= 15 is 0 Å². The molecule has 0 fully saturated rings. The number of aromatic nitrogens is 1. The number of hydrogen-bond acceptors (Lipinski definition) is 5. The molecule has 0 saturated carbocycles. The summed E-state index contributed by atoms with van der Waals surface area (Å²) in [5.74, 6) is 0.140. The third-order valence-electron chi connectivity index (χ3n) is 3.92. The lowest BCUT2D eigenvalue weighted by Crippen LogP contribution is -2.42. The van der Waals surface area contributed by atoms with E-state index < -0.39 is 11.8 Å². The van der Waals surface area contributed by atoms with Gasteiger partial charge >= 0.3 is 0 Å². The topological polar surface area (TPSA) is 89.6 Å². The summed E-state index contributed by atoms with van der Waals surface area (Å²) in [6, 6.07) is 15.7. The van der Waals surface area contributed by atoms with Gasteiger partial charge in [0.1, 0.15) is 18.9 Å². The van der Waals surface area contributed by atoms with Crippen LogP contribution < -0.4 is 20.3 Å². The van der Waals surface area contributed by atoms with Crippen LogP contribution in [0.1, 0.15) is 20.8 Å². The van der Waals surface area contributed by atoms with Crippen LogP contribution in [-0.4, -0.2) is 30.0 Å². The fraction of sp³-hybridized carbons (Fsp3) is 0.105. The van der Waals surface area contributed by atoms with Crippen LogP contribution in [0.2, 0.25) is 0 Å². The molecule has 2 heterocycles. The first-order valence-corrected chi connectivity index (χ1v) is 8.07.